The molecule has 1 aliphatic rings. The van der Waals surface area contributed by atoms with Crippen LogP contribution in [0.15, 0.2) is 24.3 Å². The number of nitrogens with two attached hydrogens (primary N) is 1. The summed E-state index contributed by atoms with van der Waals surface area (Å²) in [5.74, 6) is 0. The van der Waals surface area contributed by atoms with Gasteiger partial charge in [-0.05, 0) is 18.1 Å². The van der Waals surface area contributed by atoms with Crippen molar-refractivity contribution >= 4 is 11.6 Å². The molecule has 0 saturated carbocycles. The van der Waals surface area contributed by atoms with E-state index < -0.39 is 0 Å². The van der Waals surface area contributed by atoms with E-state index >= 15 is 0 Å². The van der Waals surface area contributed by atoms with Crippen LogP contribution < -0.4 is 5.73 Å². The molecule has 100 valence electrons. The van der Waals surface area contributed by atoms with Gasteiger partial charge in [0, 0.05) is 44.2 Å². The molecule has 1 atom stereocenters. The van der Waals surface area contributed by atoms with Crippen molar-refractivity contribution in [3.8, 4) is 0 Å². The van der Waals surface area contributed by atoms with E-state index in [4.69, 9.17) is 26.8 Å². The van der Waals surface area contributed by atoms with Gasteiger partial charge in [-0.1, -0.05) is 29.8 Å². The molecular weight excluding hydrogens is 250 g/mol. The highest BCUT2D eigenvalue weighted by molar-refractivity contribution is 6.31. The Morgan fingerprint density at radius 3 is 2.67 bits per heavy atom. The summed E-state index contributed by atoms with van der Waals surface area (Å²) in [5, 5.41) is 0.770. The predicted molar refractivity (Wildman–Crippen MR) is 72.9 cm³/mol. The molecule has 3 nitrogen and oxygen atoms in total. The fourth-order valence-electron chi connectivity index (χ4n) is 2.53. The summed E-state index contributed by atoms with van der Waals surface area (Å²) in [6, 6.07) is 7.76. The van der Waals surface area contributed by atoms with Crippen molar-refractivity contribution in [2.45, 2.75) is 30.9 Å². The Balaban J connectivity index is 2.10. The molecular formula is C14H20ClNO2. The first kappa shape index (κ1) is 13.8. The quantitative estimate of drug-likeness (QED) is 0.913. The van der Waals surface area contributed by atoms with Gasteiger partial charge in [0.25, 0.3) is 0 Å². The summed E-state index contributed by atoms with van der Waals surface area (Å²) in [5.41, 5.74) is 7.15. The number of methoxy groups -OCH3 is 1. The third-order valence-electron chi connectivity index (χ3n) is 3.82. The molecule has 1 aliphatic heterocycles. The molecule has 0 aliphatic carbocycles. The zero-order chi connectivity index (χ0) is 13.0. The second kappa shape index (κ2) is 6.02. The zero-order valence-electron chi connectivity index (χ0n) is 10.7. The largest absolute Gasteiger partial charge is 0.381 e. The van der Waals surface area contributed by atoms with Crippen molar-refractivity contribution < 1.29 is 9.47 Å². The van der Waals surface area contributed by atoms with E-state index in [-0.39, 0.29) is 11.6 Å². The van der Waals surface area contributed by atoms with Gasteiger partial charge in [0.1, 0.15) is 0 Å². The monoisotopic (exact) mass is 269 g/mol. The molecule has 1 heterocycles. The average molecular weight is 270 g/mol. The molecule has 2 N–H and O–H groups in total. The predicted octanol–water partition coefficient (Wildman–Crippen LogP) is 2.41. The van der Waals surface area contributed by atoms with Crippen molar-refractivity contribution in [1.82, 2.24) is 0 Å². The Morgan fingerprint density at radius 1 is 1.39 bits per heavy atom. The van der Waals surface area contributed by atoms with Crippen LogP contribution in [0.3, 0.4) is 0 Å². The fraction of sp³-hybridized carbons (Fsp3) is 0.571. The van der Waals surface area contributed by atoms with E-state index in [1.807, 2.05) is 24.3 Å². The molecule has 18 heavy (non-hydrogen) atoms. The summed E-state index contributed by atoms with van der Waals surface area (Å²) in [4.78, 5) is 0. The third kappa shape index (κ3) is 2.86. The minimum atomic E-state index is -0.280. The maximum Gasteiger partial charge on any atom is 0.0875 e. The lowest BCUT2D eigenvalue weighted by atomic mass is 9.83. The molecule has 0 amide bonds. The van der Waals surface area contributed by atoms with Gasteiger partial charge in [-0.25, -0.2) is 0 Å². The minimum absolute atomic E-state index is 0.0636. The molecule has 0 aromatic heterocycles. The molecule has 1 saturated heterocycles. The van der Waals surface area contributed by atoms with Crippen LogP contribution >= 0.6 is 11.6 Å². The topological polar surface area (TPSA) is 44.5 Å². The van der Waals surface area contributed by atoms with Crippen molar-refractivity contribution in [3.05, 3.63) is 34.9 Å². The summed E-state index contributed by atoms with van der Waals surface area (Å²) in [7, 11) is 1.73. The first-order valence-electron chi connectivity index (χ1n) is 6.30. The van der Waals surface area contributed by atoms with Gasteiger partial charge in [0.15, 0.2) is 0 Å². The number of hydrogen-bond acceptors (Lipinski definition) is 3. The van der Waals surface area contributed by atoms with Crippen molar-refractivity contribution in [1.29, 1.82) is 0 Å². The molecule has 1 aromatic rings. The molecule has 1 fully saturated rings. The van der Waals surface area contributed by atoms with E-state index in [2.05, 4.69) is 0 Å². The highest BCUT2D eigenvalue weighted by atomic mass is 35.5. The molecule has 0 spiro atoms. The second-order valence-corrected chi connectivity index (χ2v) is 5.19. The van der Waals surface area contributed by atoms with Gasteiger partial charge in [0.2, 0.25) is 0 Å². The molecule has 0 bridgehead atoms. The van der Waals surface area contributed by atoms with Crippen LogP contribution in [0.4, 0.5) is 0 Å². The maximum absolute atomic E-state index is 6.36. The lowest BCUT2D eigenvalue weighted by Crippen LogP contribution is -2.53. The Bertz CT molecular complexity index is 391. The molecule has 2 rings (SSSR count). The van der Waals surface area contributed by atoms with Gasteiger partial charge in [-0.2, -0.15) is 0 Å². The van der Waals surface area contributed by atoms with E-state index in [0.29, 0.717) is 13.2 Å². The van der Waals surface area contributed by atoms with Gasteiger partial charge >= 0.3 is 0 Å². The summed E-state index contributed by atoms with van der Waals surface area (Å²) in [6.07, 6.45) is 2.41. The molecule has 1 aromatic carbocycles. The standard InChI is InChI=1S/C14H20ClNO2/c1-17-14(6-8-18-9-7-14)13(16)10-11-4-2-3-5-12(11)15/h2-5,13H,6-10,16H2,1H3. The van der Waals surface area contributed by atoms with Crippen LogP contribution in [0, 0.1) is 0 Å². The Labute approximate surface area is 113 Å². The maximum atomic E-state index is 6.36. The van der Waals surface area contributed by atoms with Crippen molar-refractivity contribution in [2.24, 2.45) is 5.73 Å². The van der Waals surface area contributed by atoms with E-state index in [1.54, 1.807) is 7.11 Å². The highest BCUT2D eigenvalue weighted by Crippen LogP contribution is 2.30. The van der Waals surface area contributed by atoms with Gasteiger partial charge < -0.3 is 15.2 Å². The number of hydrogen-bond donors (Lipinski definition) is 1. The van der Waals surface area contributed by atoms with Gasteiger partial charge in [-0.15, -0.1) is 0 Å². The second-order valence-electron chi connectivity index (χ2n) is 4.78. The van der Waals surface area contributed by atoms with Crippen LogP contribution in [-0.2, 0) is 15.9 Å². The van der Waals surface area contributed by atoms with Gasteiger partial charge in [0.05, 0.1) is 5.60 Å². The van der Waals surface area contributed by atoms with Crippen molar-refractivity contribution in [2.75, 3.05) is 20.3 Å². The third-order valence-corrected chi connectivity index (χ3v) is 4.19. The van der Waals surface area contributed by atoms with Crippen LogP contribution in [0.2, 0.25) is 5.02 Å². The first-order chi connectivity index (χ1) is 8.68. The minimum Gasteiger partial charge on any atom is -0.381 e. The van der Waals surface area contributed by atoms with Crippen LogP contribution in [0.1, 0.15) is 18.4 Å². The number of halogens is 1. The average Bonchev–Trinajstić information content (AvgIpc) is 2.42. The Hall–Kier alpha value is -0.610. The number of ether oxygens (including phenoxy) is 2. The lowest BCUT2D eigenvalue weighted by Gasteiger charge is -2.40. The zero-order valence-corrected chi connectivity index (χ0v) is 11.5. The van der Waals surface area contributed by atoms with Crippen LogP contribution in [-0.4, -0.2) is 32.0 Å². The van der Waals surface area contributed by atoms with E-state index in [0.717, 1.165) is 29.8 Å². The van der Waals surface area contributed by atoms with Crippen molar-refractivity contribution in [3.63, 3.8) is 0 Å². The van der Waals surface area contributed by atoms with E-state index in [1.165, 1.54) is 0 Å². The lowest BCUT2D eigenvalue weighted by molar-refractivity contribution is -0.103. The normalized spacial score (nSPS) is 20.6. The van der Waals surface area contributed by atoms with Crippen LogP contribution in [0.25, 0.3) is 0 Å². The first-order valence-corrected chi connectivity index (χ1v) is 6.67. The van der Waals surface area contributed by atoms with E-state index in [9.17, 15) is 0 Å². The summed E-state index contributed by atoms with van der Waals surface area (Å²) in [6.45, 7) is 1.42. The van der Waals surface area contributed by atoms with Gasteiger partial charge in [-0.3, -0.25) is 0 Å². The molecule has 0 radical (unpaired) electrons. The number of rotatable bonds is 4. The number of benzene rings is 1. The molecule has 4 heteroatoms. The van der Waals surface area contributed by atoms with Crippen LogP contribution in [0.5, 0.6) is 0 Å². The molecule has 1 unspecified atom stereocenters. The fourth-order valence-corrected chi connectivity index (χ4v) is 2.74. The summed E-state index contributed by atoms with van der Waals surface area (Å²) >= 11 is 6.17. The Morgan fingerprint density at radius 2 is 2.06 bits per heavy atom. The SMILES string of the molecule is COC1(C(N)Cc2ccccc2Cl)CCOCC1. The summed E-state index contributed by atoms with van der Waals surface area (Å²) < 4.78 is 11.1. The highest BCUT2D eigenvalue weighted by Gasteiger charge is 2.38. The Kier molecular flexibility index (Phi) is 4.62. The smallest absolute Gasteiger partial charge is 0.0875 e.